The minimum atomic E-state index is -0.0301. The summed E-state index contributed by atoms with van der Waals surface area (Å²) in [6, 6.07) is 34.9. The van der Waals surface area contributed by atoms with Crippen LogP contribution in [0.5, 0.6) is 5.75 Å². The summed E-state index contributed by atoms with van der Waals surface area (Å²) in [6.45, 7) is 4.88. The van der Waals surface area contributed by atoms with E-state index in [0.29, 0.717) is 18.8 Å². The van der Waals surface area contributed by atoms with Crippen LogP contribution in [-0.2, 0) is 4.79 Å². The lowest BCUT2D eigenvalue weighted by Gasteiger charge is -2.39. The fraction of sp³-hybridized carbons (Fsp3) is 0.219. The number of hydrogen-bond acceptors (Lipinski definition) is 5. The molecule has 39 heavy (non-hydrogen) atoms. The molecule has 0 aliphatic carbocycles. The summed E-state index contributed by atoms with van der Waals surface area (Å²) in [6.07, 6.45) is 0. The lowest BCUT2D eigenvalue weighted by molar-refractivity contribution is -0.135. The number of aromatic nitrogens is 3. The Morgan fingerprint density at radius 1 is 0.769 bits per heavy atom. The van der Waals surface area contributed by atoms with Crippen molar-refractivity contribution in [2.45, 2.75) is 13.0 Å². The van der Waals surface area contributed by atoms with Crippen molar-refractivity contribution in [1.82, 2.24) is 24.8 Å². The molecule has 1 aliphatic rings. The highest BCUT2D eigenvalue weighted by Gasteiger charge is 2.28. The highest BCUT2D eigenvalue weighted by Crippen LogP contribution is 2.30. The third kappa shape index (κ3) is 5.40. The quantitative estimate of drug-likeness (QED) is 0.303. The van der Waals surface area contributed by atoms with Gasteiger partial charge in [0.15, 0.2) is 6.61 Å². The van der Waals surface area contributed by atoms with Gasteiger partial charge in [0.25, 0.3) is 5.91 Å². The molecule has 0 radical (unpaired) electrons. The molecule has 0 unspecified atom stereocenters. The summed E-state index contributed by atoms with van der Waals surface area (Å²) in [5.41, 5.74) is 5.92. The average molecular weight is 518 g/mol. The van der Waals surface area contributed by atoms with E-state index in [1.165, 1.54) is 11.1 Å². The van der Waals surface area contributed by atoms with E-state index in [9.17, 15) is 4.79 Å². The maximum absolute atomic E-state index is 13.2. The number of rotatable bonds is 7. The number of hydrogen-bond donors (Lipinski definition) is 0. The Balaban J connectivity index is 1.13. The first kappa shape index (κ1) is 24.8. The van der Waals surface area contributed by atoms with Gasteiger partial charge in [-0.05, 0) is 47.9 Å². The molecule has 1 fully saturated rings. The molecule has 0 spiro atoms. The van der Waals surface area contributed by atoms with Crippen molar-refractivity contribution in [3.05, 3.63) is 120 Å². The molecule has 6 rings (SSSR count). The van der Waals surface area contributed by atoms with Crippen molar-refractivity contribution in [3.8, 4) is 11.4 Å². The second-order valence-electron chi connectivity index (χ2n) is 9.88. The van der Waals surface area contributed by atoms with E-state index >= 15 is 0 Å². The topological polar surface area (TPSA) is 63.5 Å². The smallest absolute Gasteiger partial charge is 0.260 e. The van der Waals surface area contributed by atoms with E-state index in [2.05, 4.69) is 63.6 Å². The monoisotopic (exact) mass is 517 g/mol. The van der Waals surface area contributed by atoms with Crippen LogP contribution in [0.25, 0.3) is 16.7 Å². The zero-order valence-corrected chi connectivity index (χ0v) is 22.0. The van der Waals surface area contributed by atoms with Crippen LogP contribution in [0.4, 0.5) is 0 Å². The van der Waals surface area contributed by atoms with E-state index in [1.807, 2.05) is 66.4 Å². The second-order valence-corrected chi connectivity index (χ2v) is 9.88. The molecule has 4 aromatic carbocycles. The molecule has 0 bridgehead atoms. The molecule has 0 atom stereocenters. The van der Waals surface area contributed by atoms with Crippen LogP contribution in [0, 0.1) is 6.92 Å². The van der Waals surface area contributed by atoms with Gasteiger partial charge in [-0.15, -0.1) is 15.0 Å². The van der Waals surface area contributed by atoms with Gasteiger partial charge in [-0.25, -0.2) is 0 Å². The van der Waals surface area contributed by atoms with Crippen LogP contribution >= 0.6 is 0 Å². The number of benzene rings is 4. The summed E-state index contributed by atoms with van der Waals surface area (Å²) in [5, 5.41) is 9.20. The van der Waals surface area contributed by atoms with Crippen molar-refractivity contribution < 1.29 is 9.53 Å². The zero-order chi connectivity index (χ0) is 26.6. The van der Waals surface area contributed by atoms with Gasteiger partial charge in [0.2, 0.25) is 0 Å². The number of nitrogens with zero attached hydrogens (tertiary/aromatic N) is 5. The molecule has 7 heteroatoms. The third-order valence-corrected chi connectivity index (χ3v) is 7.23. The van der Waals surface area contributed by atoms with Crippen LogP contribution in [0.3, 0.4) is 0 Å². The van der Waals surface area contributed by atoms with Crippen molar-refractivity contribution in [2.75, 3.05) is 32.8 Å². The highest BCUT2D eigenvalue weighted by atomic mass is 16.5. The summed E-state index contributed by atoms with van der Waals surface area (Å²) in [7, 11) is 0. The predicted octanol–water partition coefficient (Wildman–Crippen LogP) is 5.04. The molecule has 1 aliphatic heterocycles. The van der Waals surface area contributed by atoms with E-state index in [-0.39, 0.29) is 18.6 Å². The summed E-state index contributed by atoms with van der Waals surface area (Å²) < 4.78 is 6.06. The summed E-state index contributed by atoms with van der Waals surface area (Å²) >= 11 is 0. The molecular weight excluding hydrogens is 486 g/mol. The molecule has 0 saturated carbocycles. The standard InChI is InChI=1S/C32H31N5O2/c1-24-16-17-30(29(22-24)37-33-27-14-8-9-15-28(27)34-37)39-23-31(38)35-18-20-36(21-19-35)32(25-10-4-2-5-11-25)26-12-6-3-7-13-26/h2-17,22,32H,18-21,23H2,1H3. The van der Waals surface area contributed by atoms with Gasteiger partial charge in [-0.2, -0.15) is 0 Å². The molecule has 1 aromatic heterocycles. The number of fused-ring (bicyclic) bond motifs is 1. The van der Waals surface area contributed by atoms with E-state index in [4.69, 9.17) is 4.74 Å². The Morgan fingerprint density at radius 2 is 1.33 bits per heavy atom. The van der Waals surface area contributed by atoms with Crippen LogP contribution in [0.2, 0.25) is 0 Å². The predicted molar refractivity (Wildman–Crippen MR) is 152 cm³/mol. The maximum Gasteiger partial charge on any atom is 0.260 e. The Hall–Kier alpha value is -4.49. The van der Waals surface area contributed by atoms with Crippen molar-refractivity contribution in [1.29, 1.82) is 0 Å². The van der Waals surface area contributed by atoms with Crippen molar-refractivity contribution >= 4 is 16.9 Å². The normalized spacial score (nSPS) is 14.2. The molecule has 7 nitrogen and oxygen atoms in total. The van der Waals surface area contributed by atoms with Gasteiger partial charge >= 0.3 is 0 Å². The first-order valence-corrected chi connectivity index (χ1v) is 13.3. The minimum Gasteiger partial charge on any atom is -0.481 e. The fourth-order valence-electron chi connectivity index (χ4n) is 5.22. The number of carbonyl (C=O) groups is 1. The molecule has 2 heterocycles. The van der Waals surface area contributed by atoms with E-state index in [0.717, 1.165) is 35.4 Å². The number of piperazine rings is 1. The molecule has 0 N–H and O–H groups in total. The number of carbonyl (C=O) groups excluding carboxylic acids is 1. The first-order chi connectivity index (χ1) is 19.2. The van der Waals surface area contributed by atoms with Gasteiger partial charge in [0.1, 0.15) is 22.5 Å². The van der Waals surface area contributed by atoms with Crippen molar-refractivity contribution in [2.24, 2.45) is 0 Å². The van der Waals surface area contributed by atoms with Crippen LogP contribution in [-0.4, -0.2) is 63.5 Å². The molecule has 5 aromatic rings. The molecular formula is C32H31N5O2. The van der Waals surface area contributed by atoms with Crippen LogP contribution in [0.15, 0.2) is 103 Å². The van der Waals surface area contributed by atoms with Gasteiger partial charge in [-0.3, -0.25) is 9.69 Å². The molecule has 1 amide bonds. The van der Waals surface area contributed by atoms with E-state index < -0.39 is 0 Å². The molecule has 1 saturated heterocycles. The van der Waals surface area contributed by atoms with Crippen molar-refractivity contribution in [3.63, 3.8) is 0 Å². The minimum absolute atomic E-state index is 0.0178. The maximum atomic E-state index is 13.2. The summed E-state index contributed by atoms with van der Waals surface area (Å²) in [5.74, 6) is 0.567. The fourth-order valence-corrected chi connectivity index (χ4v) is 5.22. The average Bonchev–Trinajstić information content (AvgIpc) is 3.42. The third-order valence-electron chi connectivity index (χ3n) is 7.23. The number of amides is 1. The molecule has 196 valence electrons. The summed E-state index contributed by atoms with van der Waals surface area (Å²) in [4.78, 5) is 19.1. The Labute approximate surface area is 228 Å². The Kier molecular flexibility index (Phi) is 7.06. The lowest BCUT2D eigenvalue weighted by atomic mass is 9.96. The zero-order valence-electron chi connectivity index (χ0n) is 22.0. The van der Waals surface area contributed by atoms with Gasteiger partial charge in [0, 0.05) is 26.2 Å². The SMILES string of the molecule is Cc1ccc(OCC(=O)N2CCN(C(c3ccccc3)c3ccccc3)CC2)c(-n2nc3ccccc3n2)c1. The second kappa shape index (κ2) is 11.1. The Bertz CT molecular complexity index is 1490. The van der Waals surface area contributed by atoms with Gasteiger partial charge < -0.3 is 9.64 Å². The van der Waals surface area contributed by atoms with Gasteiger partial charge in [-0.1, -0.05) is 78.9 Å². The highest BCUT2D eigenvalue weighted by molar-refractivity contribution is 5.78. The Morgan fingerprint density at radius 3 is 1.92 bits per heavy atom. The van der Waals surface area contributed by atoms with E-state index in [1.54, 1.807) is 4.80 Å². The first-order valence-electron chi connectivity index (χ1n) is 13.3. The number of aryl methyl sites for hydroxylation is 1. The number of ether oxygens (including phenoxy) is 1. The van der Waals surface area contributed by atoms with Crippen LogP contribution in [0.1, 0.15) is 22.7 Å². The van der Waals surface area contributed by atoms with Crippen LogP contribution < -0.4 is 4.74 Å². The largest absolute Gasteiger partial charge is 0.481 e. The van der Waals surface area contributed by atoms with Gasteiger partial charge in [0.05, 0.1) is 6.04 Å². The lowest BCUT2D eigenvalue weighted by Crippen LogP contribution is -2.51.